The molecule has 0 aliphatic rings. The van der Waals surface area contributed by atoms with Gasteiger partial charge in [-0.25, -0.2) is 0 Å². The van der Waals surface area contributed by atoms with Crippen molar-refractivity contribution in [1.29, 1.82) is 5.26 Å². The molecule has 0 atom stereocenters. The SMILES string of the molecule is CNS(=O)(=O)c1c(Oc2ccc(F)c(C#N)c2)c(F)cc2c1ccn2[I-]C. The van der Waals surface area contributed by atoms with Crippen molar-refractivity contribution in [1.82, 2.24) is 7.50 Å². The molecule has 2 aromatic carbocycles. The Morgan fingerprint density at radius 3 is 2.59 bits per heavy atom. The topological polar surface area (TPSA) is 84.1 Å². The third-order valence-corrected chi connectivity index (χ3v) is 7.17. The van der Waals surface area contributed by atoms with Crippen LogP contribution in [-0.4, -0.2) is 23.2 Å². The fourth-order valence-electron chi connectivity index (χ4n) is 2.55. The summed E-state index contributed by atoms with van der Waals surface area (Å²) in [6.07, 6.45) is 1.70. The molecule has 0 saturated heterocycles. The minimum atomic E-state index is -4.07. The van der Waals surface area contributed by atoms with E-state index in [4.69, 9.17) is 10.00 Å². The molecule has 27 heavy (non-hydrogen) atoms. The Hall–Kier alpha value is -2.23. The van der Waals surface area contributed by atoms with Gasteiger partial charge in [0.05, 0.1) is 0 Å². The quantitative estimate of drug-likeness (QED) is 0.391. The van der Waals surface area contributed by atoms with Gasteiger partial charge in [0.25, 0.3) is 0 Å². The summed E-state index contributed by atoms with van der Waals surface area (Å²) in [4.78, 5) is 1.61. The van der Waals surface area contributed by atoms with Gasteiger partial charge in [0.15, 0.2) is 0 Å². The number of fused-ring (bicyclic) bond motifs is 1. The second-order valence-electron chi connectivity index (χ2n) is 5.31. The summed E-state index contributed by atoms with van der Waals surface area (Å²) in [6.45, 7) is 0. The summed E-state index contributed by atoms with van der Waals surface area (Å²) >= 11 is -0.475. The van der Waals surface area contributed by atoms with Crippen molar-refractivity contribution in [3.8, 4) is 17.6 Å². The van der Waals surface area contributed by atoms with E-state index in [2.05, 4.69) is 4.72 Å². The Balaban J connectivity index is 2.28. The average molecular weight is 504 g/mol. The molecule has 3 rings (SSSR count). The van der Waals surface area contributed by atoms with Crippen LogP contribution >= 0.6 is 0 Å². The number of aromatic nitrogens is 1. The zero-order chi connectivity index (χ0) is 19.8. The third-order valence-electron chi connectivity index (χ3n) is 3.81. The number of nitriles is 1. The molecule has 6 nitrogen and oxygen atoms in total. The molecule has 0 saturated carbocycles. The van der Waals surface area contributed by atoms with E-state index >= 15 is 0 Å². The molecule has 0 aliphatic heterocycles. The van der Waals surface area contributed by atoms with Gasteiger partial charge in [0.2, 0.25) is 0 Å². The molecule has 0 spiro atoms. The van der Waals surface area contributed by atoms with E-state index in [-0.39, 0.29) is 16.2 Å². The Morgan fingerprint density at radius 1 is 1.22 bits per heavy atom. The number of nitrogens with one attached hydrogen (secondary N) is 1. The number of halogens is 3. The van der Waals surface area contributed by atoms with Gasteiger partial charge in [0, 0.05) is 0 Å². The van der Waals surface area contributed by atoms with E-state index in [9.17, 15) is 17.2 Å². The fourth-order valence-corrected chi connectivity index (χ4v) is 5.00. The Labute approximate surface area is 165 Å². The van der Waals surface area contributed by atoms with Crippen molar-refractivity contribution in [2.24, 2.45) is 0 Å². The van der Waals surface area contributed by atoms with Crippen LogP contribution in [-0.2, 0) is 10.0 Å². The molecule has 0 amide bonds. The van der Waals surface area contributed by atoms with Crippen LogP contribution in [0.4, 0.5) is 8.78 Å². The summed E-state index contributed by atoms with van der Waals surface area (Å²) < 4.78 is 62.9. The zero-order valence-electron chi connectivity index (χ0n) is 14.1. The Bertz CT molecular complexity index is 1190. The van der Waals surface area contributed by atoms with Crippen LogP contribution in [0, 0.1) is 23.0 Å². The molecule has 1 N–H and O–H groups in total. The number of nitrogens with zero attached hydrogens (tertiary/aromatic N) is 2. The van der Waals surface area contributed by atoms with Gasteiger partial charge >= 0.3 is 165 Å². The first-order valence-corrected chi connectivity index (χ1v) is 12.1. The van der Waals surface area contributed by atoms with Gasteiger partial charge in [-0.1, -0.05) is 0 Å². The molecular weight excluding hydrogens is 491 g/mol. The van der Waals surface area contributed by atoms with Crippen molar-refractivity contribution in [2.45, 2.75) is 4.90 Å². The van der Waals surface area contributed by atoms with Gasteiger partial charge in [-0.15, -0.1) is 0 Å². The maximum absolute atomic E-state index is 14.8. The number of sulfonamides is 1. The van der Waals surface area contributed by atoms with E-state index in [0.717, 1.165) is 12.1 Å². The zero-order valence-corrected chi connectivity index (χ0v) is 17.1. The number of rotatable bonds is 5. The maximum atomic E-state index is 14.8. The van der Waals surface area contributed by atoms with Gasteiger partial charge in [-0.2, -0.15) is 0 Å². The summed E-state index contributed by atoms with van der Waals surface area (Å²) in [5, 5.41) is 9.24. The molecule has 0 bridgehead atoms. The average Bonchev–Trinajstić information content (AvgIpc) is 3.05. The van der Waals surface area contributed by atoms with Gasteiger partial charge in [-0.05, 0) is 0 Å². The van der Waals surface area contributed by atoms with Crippen molar-refractivity contribution < 1.29 is 43.4 Å². The number of hydrogen-bond acceptors (Lipinski definition) is 4. The van der Waals surface area contributed by atoms with Crippen LogP contribution in [0.5, 0.6) is 11.5 Å². The standard InChI is InChI=1S/C17H13F2IN3O3S/c1-20-23-6-5-12-15(23)8-14(19)16(17(12)27(24,25)22-2)26-11-3-4-13(18)10(7-11)9-21/h3-8,22H,1-2H3/q-1. The fraction of sp³-hybridized carbons (Fsp3) is 0.118. The van der Waals surface area contributed by atoms with E-state index in [0.29, 0.717) is 10.9 Å². The first-order valence-electron chi connectivity index (χ1n) is 7.47. The molecule has 0 aliphatic carbocycles. The minimum absolute atomic E-state index is 0.0545. The summed E-state index contributed by atoms with van der Waals surface area (Å²) in [6, 6.07) is 7.71. The number of benzene rings is 2. The molecule has 10 heteroatoms. The van der Waals surface area contributed by atoms with Crippen molar-refractivity contribution in [3.05, 3.63) is 53.7 Å². The molecular formula is C17H13F2IN3O3S-. The third kappa shape index (κ3) is 3.50. The summed E-state index contributed by atoms with van der Waals surface area (Å²) in [7, 11) is -2.86. The normalized spacial score (nSPS) is 11.7. The summed E-state index contributed by atoms with van der Waals surface area (Å²) in [5.74, 6) is -2.20. The summed E-state index contributed by atoms with van der Waals surface area (Å²) in [5.41, 5.74) is 0.148. The molecule has 1 heterocycles. The molecule has 0 fully saturated rings. The Kier molecular flexibility index (Phi) is 5.36. The van der Waals surface area contributed by atoms with Crippen molar-refractivity contribution in [3.63, 3.8) is 0 Å². The van der Waals surface area contributed by atoms with E-state index in [1.165, 1.54) is 19.2 Å². The van der Waals surface area contributed by atoms with Crippen LogP contribution in [0.2, 0.25) is 0 Å². The van der Waals surface area contributed by atoms with Crippen molar-refractivity contribution in [2.75, 3.05) is 12.0 Å². The second-order valence-corrected chi connectivity index (χ2v) is 9.14. The van der Waals surface area contributed by atoms with Crippen molar-refractivity contribution >= 4 is 20.9 Å². The Morgan fingerprint density at radius 2 is 1.96 bits per heavy atom. The van der Waals surface area contributed by atoms with E-state index in [1.807, 2.05) is 4.93 Å². The molecule has 1 aromatic heterocycles. The van der Waals surface area contributed by atoms with E-state index < -0.39 is 48.9 Å². The van der Waals surface area contributed by atoms with Crippen LogP contribution in [0.15, 0.2) is 41.4 Å². The van der Waals surface area contributed by atoms with Gasteiger partial charge in [-0.3, -0.25) is 0 Å². The predicted octanol–water partition coefficient (Wildman–Crippen LogP) is -0.0265. The van der Waals surface area contributed by atoms with Crippen LogP contribution in [0.3, 0.4) is 0 Å². The number of ether oxygens (including phenoxy) is 1. The molecule has 0 unspecified atom stereocenters. The van der Waals surface area contributed by atoms with E-state index in [1.54, 1.807) is 21.1 Å². The first kappa shape index (κ1) is 19.5. The van der Waals surface area contributed by atoms with Gasteiger partial charge < -0.3 is 0 Å². The second kappa shape index (κ2) is 7.41. The van der Waals surface area contributed by atoms with Crippen LogP contribution in [0.25, 0.3) is 10.9 Å². The molecule has 3 aromatic rings. The van der Waals surface area contributed by atoms with Gasteiger partial charge in [0.1, 0.15) is 0 Å². The number of hydrogen-bond donors (Lipinski definition) is 1. The van der Waals surface area contributed by atoms with Crippen LogP contribution < -0.4 is 30.9 Å². The first-order chi connectivity index (χ1) is 12.8. The monoisotopic (exact) mass is 504 g/mol. The predicted molar refractivity (Wildman–Crippen MR) is 90.7 cm³/mol. The molecule has 0 radical (unpaired) electrons. The van der Waals surface area contributed by atoms with Crippen LogP contribution in [0.1, 0.15) is 5.56 Å². The molecule has 142 valence electrons. The number of alkyl halides is 1.